The van der Waals surface area contributed by atoms with Crippen molar-refractivity contribution in [3.05, 3.63) is 48.0 Å². The molecular formula is C14H19N3O. The van der Waals surface area contributed by atoms with Crippen LogP contribution in [0.4, 0.5) is 0 Å². The molecule has 0 aliphatic heterocycles. The van der Waals surface area contributed by atoms with Gasteiger partial charge in [-0.25, -0.2) is 9.67 Å². The molecule has 2 rings (SSSR count). The highest BCUT2D eigenvalue weighted by Gasteiger charge is 2.13. The third-order valence-corrected chi connectivity index (χ3v) is 2.87. The molecule has 18 heavy (non-hydrogen) atoms. The number of aromatic nitrogens is 3. The second-order valence-electron chi connectivity index (χ2n) is 4.76. The van der Waals surface area contributed by atoms with Crippen LogP contribution in [0.1, 0.15) is 31.3 Å². The average molecular weight is 245 g/mol. The van der Waals surface area contributed by atoms with Gasteiger partial charge in [0.05, 0.1) is 6.10 Å². The van der Waals surface area contributed by atoms with E-state index in [1.165, 1.54) is 0 Å². The summed E-state index contributed by atoms with van der Waals surface area (Å²) in [5.41, 5.74) is 1.14. The topological polar surface area (TPSA) is 50.9 Å². The lowest BCUT2D eigenvalue weighted by molar-refractivity contribution is 0.170. The van der Waals surface area contributed by atoms with Crippen LogP contribution in [0.2, 0.25) is 0 Å². The van der Waals surface area contributed by atoms with Gasteiger partial charge in [-0.1, -0.05) is 30.3 Å². The average Bonchev–Trinajstić information content (AvgIpc) is 2.78. The maximum atomic E-state index is 10.1. The van der Waals surface area contributed by atoms with Crippen molar-refractivity contribution in [3.8, 4) is 0 Å². The van der Waals surface area contributed by atoms with Gasteiger partial charge in [0.15, 0.2) is 0 Å². The Morgan fingerprint density at radius 1 is 1.17 bits per heavy atom. The Labute approximate surface area is 107 Å². The van der Waals surface area contributed by atoms with Crippen molar-refractivity contribution in [2.75, 3.05) is 0 Å². The van der Waals surface area contributed by atoms with Gasteiger partial charge < -0.3 is 5.11 Å². The molecule has 0 fully saturated rings. The van der Waals surface area contributed by atoms with E-state index in [9.17, 15) is 5.11 Å². The molecule has 0 saturated carbocycles. The third-order valence-electron chi connectivity index (χ3n) is 2.87. The van der Waals surface area contributed by atoms with E-state index in [1.807, 2.05) is 35.0 Å². The Morgan fingerprint density at radius 2 is 1.89 bits per heavy atom. The van der Waals surface area contributed by atoms with Gasteiger partial charge in [0, 0.05) is 12.5 Å². The Kier molecular flexibility index (Phi) is 4.10. The van der Waals surface area contributed by atoms with Crippen LogP contribution in [0, 0.1) is 0 Å². The van der Waals surface area contributed by atoms with Gasteiger partial charge in [-0.3, -0.25) is 0 Å². The standard InChI is InChI=1S/C14H19N3O/c1-11(2)17-14(15-10-16-17)9-13(18)8-12-6-4-3-5-7-12/h3-7,10-11,13,18H,8-9H2,1-2H3. The summed E-state index contributed by atoms with van der Waals surface area (Å²) in [5, 5.41) is 14.3. The lowest BCUT2D eigenvalue weighted by atomic mass is 10.1. The molecule has 1 aromatic heterocycles. The van der Waals surface area contributed by atoms with Crippen LogP contribution in [0.3, 0.4) is 0 Å². The van der Waals surface area contributed by atoms with Crippen molar-refractivity contribution in [1.82, 2.24) is 14.8 Å². The van der Waals surface area contributed by atoms with Crippen molar-refractivity contribution in [1.29, 1.82) is 0 Å². The Balaban J connectivity index is 1.99. The number of nitrogens with zero attached hydrogens (tertiary/aromatic N) is 3. The van der Waals surface area contributed by atoms with Crippen LogP contribution in [0.25, 0.3) is 0 Å². The highest BCUT2D eigenvalue weighted by Crippen LogP contribution is 2.10. The molecule has 2 aromatic rings. The van der Waals surface area contributed by atoms with E-state index in [2.05, 4.69) is 23.9 Å². The van der Waals surface area contributed by atoms with E-state index in [0.29, 0.717) is 12.8 Å². The summed E-state index contributed by atoms with van der Waals surface area (Å²) in [6.07, 6.45) is 2.30. The second kappa shape index (κ2) is 5.78. The second-order valence-corrected chi connectivity index (χ2v) is 4.76. The molecule has 4 nitrogen and oxygen atoms in total. The number of rotatable bonds is 5. The first-order valence-electron chi connectivity index (χ1n) is 6.27. The molecule has 0 aliphatic carbocycles. The van der Waals surface area contributed by atoms with E-state index in [1.54, 1.807) is 6.33 Å². The van der Waals surface area contributed by atoms with E-state index in [4.69, 9.17) is 0 Å². The van der Waals surface area contributed by atoms with Crippen LogP contribution >= 0.6 is 0 Å². The first-order chi connectivity index (χ1) is 8.66. The molecule has 1 aromatic carbocycles. The lowest BCUT2D eigenvalue weighted by Crippen LogP contribution is -2.18. The van der Waals surface area contributed by atoms with Gasteiger partial charge in [-0.05, 0) is 25.8 Å². The van der Waals surface area contributed by atoms with Gasteiger partial charge in [0.1, 0.15) is 12.2 Å². The largest absolute Gasteiger partial charge is 0.392 e. The molecule has 96 valence electrons. The maximum Gasteiger partial charge on any atom is 0.138 e. The molecule has 4 heteroatoms. The Morgan fingerprint density at radius 3 is 2.56 bits per heavy atom. The zero-order chi connectivity index (χ0) is 13.0. The van der Waals surface area contributed by atoms with Crippen LogP contribution < -0.4 is 0 Å². The zero-order valence-corrected chi connectivity index (χ0v) is 10.8. The molecule has 0 saturated heterocycles. The van der Waals surface area contributed by atoms with E-state index in [0.717, 1.165) is 11.4 Å². The summed E-state index contributed by atoms with van der Waals surface area (Å²) in [4.78, 5) is 4.21. The normalized spacial score (nSPS) is 12.9. The number of hydrogen-bond donors (Lipinski definition) is 1. The monoisotopic (exact) mass is 245 g/mol. The van der Waals surface area contributed by atoms with E-state index < -0.39 is 6.10 Å². The fourth-order valence-corrected chi connectivity index (χ4v) is 2.02. The summed E-state index contributed by atoms with van der Waals surface area (Å²) in [7, 11) is 0. The number of benzene rings is 1. The highest BCUT2D eigenvalue weighted by molar-refractivity contribution is 5.15. The van der Waals surface area contributed by atoms with Gasteiger partial charge in [0.25, 0.3) is 0 Å². The fraction of sp³-hybridized carbons (Fsp3) is 0.429. The molecule has 0 amide bonds. The smallest absolute Gasteiger partial charge is 0.138 e. The van der Waals surface area contributed by atoms with Gasteiger partial charge >= 0.3 is 0 Å². The highest BCUT2D eigenvalue weighted by atomic mass is 16.3. The molecule has 0 spiro atoms. The summed E-state index contributed by atoms with van der Waals surface area (Å²) >= 11 is 0. The number of aliphatic hydroxyl groups is 1. The quantitative estimate of drug-likeness (QED) is 0.876. The molecule has 1 atom stereocenters. The summed E-state index contributed by atoms with van der Waals surface area (Å²) in [5.74, 6) is 0.841. The number of aliphatic hydroxyl groups excluding tert-OH is 1. The first kappa shape index (κ1) is 12.8. The SMILES string of the molecule is CC(C)n1ncnc1CC(O)Cc1ccccc1. The van der Waals surface area contributed by atoms with Crippen molar-refractivity contribution < 1.29 is 5.11 Å². The Hall–Kier alpha value is -1.68. The molecular weight excluding hydrogens is 226 g/mol. The van der Waals surface area contributed by atoms with Crippen LogP contribution in [0.5, 0.6) is 0 Å². The van der Waals surface area contributed by atoms with Gasteiger partial charge in [-0.2, -0.15) is 5.10 Å². The van der Waals surface area contributed by atoms with Gasteiger partial charge in [-0.15, -0.1) is 0 Å². The molecule has 1 unspecified atom stereocenters. The van der Waals surface area contributed by atoms with Gasteiger partial charge in [0.2, 0.25) is 0 Å². The van der Waals surface area contributed by atoms with E-state index in [-0.39, 0.29) is 6.04 Å². The van der Waals surface area contributed by atoms with Crippen LogP contribution in [-0.4, -0.2) is 26.0 Å². The predicted octanol–water partition coefficient (Wildman–Crippen LogP) is 2.01. The molecule has 0 bridgehead atoms. The van der Waals surface area contributed by atoms with E-state index >= 15 is 0 Å². The number of hydrogen-bond acceptors (Lipinski definition) is 3. The molecule has 0 aliphatic rings. The maximum absolute atomic E-state index is 10.1. The Bertz CT molecular complexity index is 479. The minimum absolute atomic E-state index is 0.270. The van der Waals surface area contributed by atoms with Crippen molar-refractivity contribution >= 4 is 0 Å². The van der Waals surface area contributed by atoms with Crippen molar-refractivity contribution in [2.24, 2.45) is 0 Å². The molecule has 1 N–H and O–H groups in total. The summed E-state index contributed by atoms with van der Waals surface area (Å²) < 4.78 is 1.86. The summed E-state index contributed by atoms with van der Waals surface area (Å²) in [6.45, 7) is 4.11. The van der Waals surface area contributed by atoms with Crippen molar-refractivity contribution in [3.63, 3.8) is 0 Å². The first-order valence-corrected chi connectivity index (χ1v) is 6.27. The zero-order valence-electron chi connectivity index (χ0n) is 10.8. The third kappa shape index (κ3) is 3.17. The minimum Gasteiger partial charge on any atom is -0.392 e. The van der Waals surface area contributed by atoms with Crippen LogP contribution in [0.15, 0.2) is 36.7 Å². The lowest BCUT2D eigenvalue weighted by Gasteiger charge is -2.13. The predicted molar refractivity (Wildman–Crippen MR) is 70.3 cm³/mol. The minimum atomic E-state index is -0.422. The molecule has 1 heterocycles. The van der Waals surface area contributed by atoms with Crippen LogP contribution in [-0.2, 0) is 12.8 Å². The summed E-state index contributed by atoms with van der Waals surface area (Å²) in [6, 6.07) is 10.3. The van der Waals surface area contributed by atoms with Crippen molar-refractivity contribution in [2.45, 2.75) is 38.8 Å². The fourth-order valence-electron chi connectivity index (χ4n) is 2.02. The molecule has 0 radical (unpaired) electrons.